The van der Waals surface area contributed by atoms with Gasteiger partial charge in [-0.15, -0.1) is 11.3 Å². The van der Waals surface area contributed by atoms with Gasteiger partial charge in [0.2, 0.25) is 0 Å². The minimum absolute atomic E-state index is 0.588. The summed E-state index contributed by atoms with van der Waals surface area (Å²) >= 11 is 1.70. The molecule has 0 unspecified atom stereocenters. The van der Waals surface area contributed by atoms with Crippen LogP contribution in [0, 0.1) is 11.3 Å². The van der Waals surface area contributed by atoms with Crippen molar-refractivity contribution in [1.82, 2.24) is 4.98 Å². The first-order valence-electron chi connectivity index (χ1n) is 7.60. The molecule has 0 atom stereocenters. The molecule has 0 radical (unpaired) electrons. The number of unbranched alkanes of at least 4 members (excludes halogenated alkanes) is 1. The molecule has 0 saturated heterocycles. The molecule has 0 aliphatic carbocycles. The third-order valence-electron chi connectivity index (χ3n) is 3.41. The Bertz CT molecular complexity index is 825. The van der Waals surface area contributed by atoms with Gasteiger partial charge in [0.05, 0.1) is 16.3 Å². The highest BCUT2D eigenvalue weighted by atomic mass is 32.1. The molecule has 0 bridgehead atoms. The maximum atomic E-state index is 8.55. The largest absolute Gasteiger partial charge is 0.385 e. The summed E-state index contributed by atoms with van der Waals surface area (Å²) in [5.41, 5.74) is 3.26. The van der Waals surface area contributed by atoms with Gasteiger partial charge in [-0.3, -0.25) is 0 Å². The van der Waals surface area contributed by atoms with Crippen molar-refractivity contribution in [2.45, 2.75) is 12.8 Å². The summed E-state index contributed by atoms with van der Waals surface area (Å²) in [4.78, 5) is 4.61. The molecule has 114 valence electrons. The molecule has 0 spiro atoms. The lowest BCUT2D eigenvalue weighted by Crippen LogP contribution is -2.00. The zero-order valence-corrected chi connectivity index (χ0v) is 13.5. The van der Waals surface area contributed by atoms with Gasteiger partial charge in [0.1, 0.15) is 5.01 Å². The molecule has 23 heavy (non-hydrogen) atoms. The first-order valence-corrected chi connectivity index (χ1v) is 8.41. The van der Waals surface area contributed by atoms with Gasteiger partial charge in [0, 0.05) is 18.7 Å². The minimum Gasteiger partial charge on any atom is -0.385 e. The van der Waals surface area contributed by atoms with Crippen molar-refractivity contribution in [3.8, 4) is 6.07 Å². The van der Waals surface area contributed by atoms with Crippen molar-refractivity contribution in [2.24, 2.45) is 0 Å². The number of fused-ring (bicyclic) bond motifs is 1. The number of para-hydroxylation sites is 1. The summed E-state index contributed by atoms with van der Waals surface area (Å²) in [5, 5.41) is 12.9. The summed E-state index contributed by atoms with van der Waals surface area (Å²) in [6, 6.07) is 18.6. The first kappa shape index (κ1) is 15.3. The number of rotatable bonds is 6. The van der Waals surface area contributed by atoms with E-state index in [1.54, 1.807) is 11.3 Å². The van der Waals surface area contributed by atoms with Crippen LogP contribution in [-0.4, -0.2) is 11.5 Å². The summed E-state index contributed by atoms with van der Waals surface area (Å²) in [7, 11) is 0. The van der Waals surface area contributed by atoms with Crippen LogP contribution in [0.5, 0.6) is 0 Å². The highest BCUT2D eigenvalue weighted by Crippen LogP contribution is 2.23. The summed E-state index contributed by atoms with van der Waals surface area (Å²) < 4.78 is 1.21. The van der Waals surface area contributed by atoms with Crippen molar-refractivity contribution in [1.29, 1.82) is 5.26 Å². The third kappa shape index (κ3) is 4.18. The van der Waals surface area contributed by atoms with Crippen molar-refractivity contribution in [2.75, 3.05) is 11.9 Å². The fourth-order valence-corrected chi connectivity index (χ4v) is 3.15. The van der Waals surface area contributed by atoms with Crippen LogP contribution in [-0.2, 0) is 0 Å². The molecular formula is C19H17N3S. The predicted molar refractivity (Wildman–Crippen MR) is 98.3 cm³/mol. The van der Waals surface area contributed by atoms with E-state index in [0.717, 1.165) is 34.7 Å². The number of nitrogens with one attached hydrogen (secondary N) is 1. The van der Waals surface area contributed by atoms with E-state index in [0.29, 0.717) is 6.42 Å². The highest BCUT2D eigenvalue weighted by molar-refractivity contribution is 7.19. The maximum absolute atomic E-state index is 8.55. The van der Waals surface area contributed by atoms with Crippen LogP contribution in [0.2, 0.25) is 0 Å². The molecule has 0 saturated carbocycles. The van der Waals surface area contributed by atoms with Gasteiger partial charge in [-0.1, -0.05) is 30.3 Å². The van der Waals surface area contributed by atoms with E-state index in [4.69, 9.17) is 5.26 Å². The molecular weight excluding hydrogens is 302 g/mol. The lowest BCUT2D eigenvalue weighted by molar-refractivity contribution is 0.897. The molecule has 1 N–H and O–H groups in total. The Labute approximate surface area is 139 Å². The molecule has 3 rings (SSSR count). The van der Waals surface area contributed by atoms with Crippen LogP contribution in [0.1, 0.15) is 23.4 Å². The van der Waals surface area contributed by atoms with Crippen LogP contribution in [0.3, 0.4) is 0 Å². The average Bonchev–Trinajstić information content (AvgIpc) is 3.00. The lowest BCUT2D eigenvalue weighted by Gasteiger charge is -2.05. The quantitative estimate of drug-likeness (QED) is 0.637. The second-order valence-corrected chi connectivity index (χ2v) is 6.23. The Morgan fingerprint density at radius 3 is 2.91 bits per heavy atom. The lowest BCUT2D eigenvalue weighted by atomic mass is 10.2. The van der Waals surface area contributed by atoms with Gasteiger partial charge in [-0.05, 0) is 42.3 Å². The smallest absolute Gasteiger partial charge is 0.117 e. The van der Waals surface area contributed by atoms with Gasteiger partial charge >= 0.3 is 0 Å². The molecule has 0 aliphatic heterocycles. The molecule has 3 nitrogen and oxygen atoms in total. The monoisotopic (exact) mass is 319 g/mol. The first-order chi connectivity index (χ1) is 11.3. The zero-order valence-electron chi connectivity index (χ0n) is 12.7. The van der Waals surface area contributed by atoms with Crippen molar-refractivity contribution >= 4 is 39.4 Å². The number of nitriles is 1. The number of hydrogen-bond acceptors (Lipinski definition) is 4. The van der Waals surface area contributed by atoms with Crippen molar-refractivity contribution in [3.05, 3.63) is 59.1 Å². The van der Waals surface area contributed by atoms with Crippen LogP contribution in [0.15, 0.2) is 48.5 Å². The highest BCUT2D eigenvalue weighted by Gasteiger charge is 1.99. The fourth-order valence-electron chi connectivity index (χ4n) is 2.28. The molecule has 4 heteroatoms. The SMILES string of the molecule is N#CCCCNc1cccc(/C=C/c2nc3ccccc3s2)c1. The molecule has 1 heterocycles. The van der Waals surface area contributed by atoms with Crippen LogP contribution in [0.4, 0.5) is 5.69 Å². The van der Waals surface area contributed by atoms with E-state index in [-0.39, 0.29) is 0 Å². The van der Waals surface area contributed by atoms with Crippen LogP contribution in [0.25, 0.3) is 22.4 Å². The Morgan fingerprint density at radius 2 is 2.04 bits per heavy atom. The van der Waals surface area contributed by atoms with Crippen molar-refractivity contribution in [3.63, 3.8) is 0 Å². The van der Waals surface area contributed by atoms with E-state index in [9.17, 15) is 0 Å². The van der Waals surface area contributed by atoms with Gasteiger partial charge < -0.3 is 5.32 Å². The number of benzene rings is 2. The van der Waals surface area contributed by atoms with E-state index >= 15 is 0 Å². The zero-order chi connectivity index (χ0) is 15.9. The van der Waals surface area contributed by atoms with Gasteiger partial charge in [-0.25, -0.2) is 4.98 Å². The van der Waals surface area contributed by atoms with Crippen LogP contribution < -0.4 is 5.32 Å². The van der Waals surface area contributed by atoms with Crippen molar-refractivity contribution < 1.29 is 0 Å². The van der Waals surface area contributed by atoms with E-state index in [1.165, 1.54) is 4.70 Å². The Morgan fingerprint density at radius 1 is 1.13 bits per heavy atom. The van der Waals surface area contributed by atoms with E-state index in [2.05, 4.69) is 46.7 Å². The molecule has 3 aromatic rings. The normalized spacial score (nSPS) is 10.9. The van der Waals surface area contributed by atoms with E-state index in [1.807, 2.05) is 30.3 Å². The summed E-state index contributed by atoms with van der Waals surface area (Å²) in [6.45, 7) is 0.818. The number of aromatic nitrogens is 1. The Hall–Kier alpha value is -2.64. The standard InChI is InChI=1S/C19H17N3S/c20-12-3-4-13-21-16-7-5-6-15(14-16)10-11-19-22-17-8-1-2-9-18(17)23-19/h1-2,5-11,14,21H,3-4,13H2/b11-10+. The number of anilines is 1. The topological polar surface area (TPSA) is 48.7 Å². The number of thiazole rings is 1. The molecule has 0 aliphatic rings. The van der Waals surface area contributed by atoms with Gasteiger partial charge in [-0.2, -0.15) is 5.26 Å². The molecule has 0 fully saturated rings. The average molecular weight is 319 g/mol. The van der Waals surface area contributed by atoms with Crippen LogP contribution >= 0.6 is 11.3 Å². The Kier molecular flexibility index (Phi) is 5.02. The number of hydrogen-bond donors (Lipinski definition) is 1. The van der Waals surface area contributed by atoms with Gasteiger partial charge in [0.15, 0.2) is 0 Å². The maximum Gasteiger partial charge on any atom is 0.117 e. The fraction of sp³-hybridized carbons (Fsp3) is 0.158. The predicted octanol–water partition coefficient (Wildman–Crippen LogP) is 5.18. The molecule has 1 aromatic heterocycles. The van der Waals surface area contributed by atoms with E-state index < -0.39 is 0 Å². The number of nitrogens with zero attached hydrogens (tertiary/aromatic N) is 2. The third-order valence-corrected chi connectivity index (χ3v) is 4.41. The molecule has 2 aromatic carbocycles. The molecule has 0 amide bonds. The summed E-state index contributed by atoms with van der Waals surface area (Å²) in [5.74, 6) is 0. The minimum atomic E-state index is 0.588. The second kappa shape index (κ2) is 7.57. The van der Waals surface area contributed by atoms with Gasteiger partial charge in [0.25, 0.3) is 0 Å². The second-order valence-electron chi connectivity index (χ2n) is 5.17. The summed E-state index contributed by atoms with van der Waals surface area (Å²) in [6.07, 6.45) is 5.59. The Balaban J connectivity index is 1.68.